The number of aryl methyl sites for hydroxylation is 2. The molecule has 1 unspecified atom stereocenters. The van der Waals surface area contributed by atoms with Crippen LogP contribution in [0, 0.1) is 5.92 Å². The van der Waals surface area contributed by atoms with E-state index in [1.165, 1.54) is 5.56 Å². The number of hydrogen-bond acceptors (Lipinski definition) is 6. The zero-order chi connectivity index (χ0) is 27.2. The first-order valence-electron chi connectivity index (χ1n) is 14.6. The first-order chi connectivity index (χ1) is 19.0. The number of methoxy groups -OCH3 is 1. The molecule has 1 aromatic carbocycles. The van der Waals surface area contributed by atoms with Crippen molar-refractivity contribution >= 4 is 5.91 Å². The lowest BCUT2D eigenvalue weighted by molar-refractivity contribution is -0.138. The largest absolute Gasteiger partial charge is 0.491 e. The summed E-state index contributed by atoms with van der Waals surface area (Å²) in [5, 5.41) is 3.43. The normalized spacial score (nSPS) is 21.1. The van der Waals surface area contributed by atoms with E-state index in [1.54, 1.807) is 24.8 Å². The predicted octanol–water partition coefficient (Wildman–Crippen LogP) is 3.41. The Kier molecular flexibility index (Phi) is 9.37. The van der Waals surface area contributed by atoms with Crippen molar-refractivity contribution < 1.29 is 19.0 Å². The predicted molar refractivity (Wildman–Crippen MR) is 150 cm³/mol. The molecule has 1 amide bonds. The number of rotatable bonds is 14. The molecule has 0 bridgehead atoms. The summed E-state index contributed by atoms with van der Waals surface area (Å²) < 4.78 is 18.7. The van der Waals surface area contributed by atoms with Gasteiger partial charge in [0, 0.05) is 52.2 Å². The minimum absolute atomic E-state index is 0.0309. The molecule has 39 heavy (non-hydrogen) atoms. The van der Waals surface area contributed by atoms with Crippen molar-refractivity contribution in [2.75, 3.05) is 40.0 Å². The zero-order valence-electron chi connectivity index (χ0n) is 23.4. The van der Waals surface area contributed by atoms with E-state index < -0.39 is 0 Å². The first-order valence-corrected chi connectivity index (χ1v) is 14.6. The molecule has 8 heteroatoms. The van der Waals surface area contributed by atoms with Gasteiger partial charge in [-0.2, -0.15) is 0 Å². The minimum Gasteiger partial charge on any atom is -0.491 e. The Morgan fingerprint density at radius 2 is 1.87 bits per heavy atom. The monoisotopic (exact) mass is 537 g/mol. The molecule has 0 radical (unpaired) electrons. The number of hydrogen-bond donors (Lipinski definition) is 1. The van der Waals surface area contributed by atoms with Gasteiger partial charge in [0.25, 0.3) is 5.56 Å². The number of amides is 1. The van der Waals surface area contributed by atoms with Crippen LogP contribution in [0.15, 0.2) is 41.3 Å². The third-order valence-electron chi connectivity index (χ3n) is 8.05. The minimum atomic E-state index is -0.188. The van der Waals surface area contributed by atoms with Gasteiger partial charge in [-0.1, -0.05) is 6.07 Å². The molecular formula is C31H43N3O5. The Morgan fingerprint density at radius 3 is 2.62 bits per heavy atom. The maximum atomic E-state index is 14.1. The Morgan fingerprint density at radius 1 is 1.05 bits per heavy atom. The van der Waals surface area contributed by atoms with Crippen molar-refractivity contribution in [1.82, 2.24) is 14.8 Å². The number of carbonyl (C=O) groups is 1. The summed E-state index contributed by atoms with van der Waals surface area (Å²) in [4.78, 5) is 28.6. The quantitative estimate of drug-likeness (QED) is 0.372. The summed E-state index contributed by atoms with van der Waals surface area (Å²) >= 11 is 0. The molecule has 0 spiro atoms. The molecular weight excluding hydrogens is 494 g/mol. The molecule has 3 aliphatic rings. The standard InChI is InChI=1S/C31H43N3O5/c1-33-12-10-24(19-30(33)35)28-9-11-32-20-29(28)31(36)34(25-5-6-25)21-23-16-22(4-3-13-37-2)17-27(18-23)39-15-14-38-26-7-8-26/h10,12,16-19,25-26,28-29,32H,3-9,11,13-15,20-21H2,1-2H3/t28-,29?/m1/s1. The number of benzene rings is 1. The van der Waals surface area contributed by atoms with E-state index in [-0.39, 0.29) is 29.3 Å². The molecule has 1 aliphatic heterocycles. The zero-order valence-corrected chi connectivity index (χ0v) is 23.4. The van der Waals surface area contributed by atoms with Gasteiger partial charge in [-0.3, -0.25) is 9.59 Å². The highest BCUT2D eigenvalue weighted by molar-refractivity contribution is 5.81. The topological polar surface area (TPSA) is 82.0 Å². The molecule has 5 rings (SSSR count). The number of ether oxygens (including phenoxy) is 3. The summed E-state index contributed by atoms with van der Waals surface area (Å²) in [6.45, 7) is 3.88. The lowest BCUT2D eigenvalue weighted by Crippen LogP contribution is -2.47. The van der Waals surface area contributed by atoms with Gasteiger partial charge in [-0.25, -0.2) is 0 Å². The Bertz CT molecular complexity index is 1170. The van der Waals surface area contributed by atoms with Crippen molar-refractivity contribution in [2.24, 2.45) is 13.0 Å². The van der Waals surface area contributed by atoms with Crippen molar-refractivity contribution in [3.05, 3.63) is 63.6 Å². The van der Waals surface area contributed by atoms with Crippen LogP contribution < -0.4 is 15.6 Å². The van der Waals surface area contributed by atoms with Crippen LogP contribution in [0.3, 0.4) is 0 Å². The van der Waals surface area contributed by atoms with E-state index in [9.17, 15) is 9.59 Å². The van der Waals surface area contributed by atoms with Crippen LogP contribution in [-0.2, 0) is 34.3 Å². The van der Waals surface area contributed by atoms with Crippen LogP contribution in [0.2, 0.25) is 0 Å². The molecule has 8 nitrogen and oxygen atoms in total. The number of pyridine rings is 1. The van der Waals surface area contributed by atoms with Gasteiger partial charge in [0.05, 0.1) is 18.6 Å². The lowest BCUT2D eigenvalue weighted by Gasteiger charge is -2.36. The van der Waals surface area contributed by atoms with Crippen LogP contribution in [-0.4, -0.2) is 67.5 Å². The molecule has 1 N–H and O–H groups in total. The molecule has 2 aromatic rings. The summed E-state index contributed by atoms with van der Waals surface area (Å²) in [6, 6.07) is 10.4. The molecule has 2 atom stereocenters. The van der Waals surface area contributed by atoms with Crippen LogP contribution in [0.25, 0.3) is 0 Å². The van der Waals surface area contributed by atoms with Crippen molar-refractivity contribution in [3.8, 4) is 5.75 Å². The third-order valence-corrected chi connectivity index (χ3v) is 8.05. The molecule has 2 aliphatic carbocycles. The lowest BCUT2D eigenvalue weighted by atomic mass is 9.80. The highest BCUT2D eigenvalue weighted by atomic mass is 16.5. The van der Waals surface area contributed by atoms with E-state index >= 15 is 0 Å². The third kappa shape index (κ3) is 7.71. The van der Waals surface area contributed by atoms with Gasteiger partial charge >= 0.3 is 0 Å². The highest BCUT2D eigenvalue weighted by Gasteiger charge is 2.40. The molecule has 1 aromatic heterocycles. The molecule has 1 saturated heterocycles. The van der Waals surface area contributed by atoms with Crippen LogP contribution in [0.5, 0.6) is 5.75 Å². The van der Waals surface area contributed by atoms with Gasteiger partial charge in [0.1, 0.15) is 12.4 Å². The van der Waals surface area contributed by atoms with E-state index in [4.69, 9.17) is 14.2 Å². The van der Waals surface area contributed by atoms with Crippen LogP contribution in [0.4, 0.5) is 0 Å². The fourth-order valence-corrected chi connectivity index (χ4v) is 5.57. The summed E-state index contributed by atoms with van der Waals surface area (Å²) in [6.07, 6.45) is 9.29. The SMILES string of the molecule is COCCCc1cc(CN(C(=O)C2CNCC[C@@H]2c2ccn(C)c(=O)c2)C2CC2)cc(OCCOC2CC2)c1. The average Bonchev–Trinajstić information content (AvgIpc) is 3.86. The Balaban J connectivity index is 1.32. The first kappa shape index (κ1) is 27.9. The maximum Gasteiger partial charge on any atom is 0.250 e. The van der Waals surface area contributed by atoms with E-state index in [0.717, 1.165) is 68.4 Å². The van der Waals surface area contributed by atoms with E-state index in [1.807, 2.05) is 12.3 Å². The van der Waals surface area contributed by atoms with E-state index in [0.29, 0.717) is 39.0 Å². The summed E-state index contributed by atoms with van der Waals surface area (Å²) in [5.74, 6) is 0.867. The number of piperidine rings is 1. The van der Waals surface area contributed by atoms with Crippen molar-refractivity contribution in [1.29, 1.82) is 0 Å². The van der Waals surface area contributed by atoms with E-state index in [2.05, 4.69) is 28.4 Å². The highest BCUT2D eigenvalue weighted by Crippen LogP contribution is 2.36. The second-order valence-electron chi connectivity index (χ2n) is 11.3. The maximum absolute atomic E-state index is 14.1. The Labute approximate surface area is 231 Å². The van der Waals surface area contributed by atoms with Crippen LogP contribution in [0.1, 0.15) is 61.1 Å². The second-order valence-corrected chi connectivity index (χ2v) is 11.3. The van der Waals surface area contributed by atoms with Gasteiger partial charge < -0.3 is 29.0 Å². The average molecular weight is 538 g/mol. The smallest absolute Gasteiger partial charge is 0.250 e. The summed E-state index contributed by atoms with van der Waals surface area (Å²) in [5.41, 5.74) is 3.23. The van der Waals surface area contributed by atoms with Gasteiger partial charge in [0.15, 0.2) is 0 Å². The number of nitrogens with one attached hydrogen (secondary N) is 1. The van der Waals surface area contributed by atoms with Gasteiger partial charge in [0.2, 0.25) is 5.91 Å². The molecule has 2 saturated carbocycles. The fourth-order valence-electron chi connectivity index (χ4n) is 5.57. The van der Waals surface area contributed by atoms with Crippen molar-refractivity contribution in [2.45, 2.75) is 69.6 Å². The molecule has 3 fully saturated rings. The Hall–Kier alpha value is -2.68. The van der Waals surface area contributed by atoms with Crippen molar-refractivity contribution in [3.63, 3.8) is 0 Å². The number of aromatic nitrogens is 1. The van der Waals surface area contributed by atoms with Crippen LogP contribution >= 0.6 is 0 Å². The number of carbonyl (C=O) groups excluding carboxylic acids is 1. The number of nitrogens with zero attached hydrogens (tertiary/aromatic N) is 2. The molecule has 2 heterocycles. The van der Waals surface area contributed by atoms with Gasteiger partial charge in [-0.15, -0.1) is 0 Å². The molecule has 212 valence electrons. The fraction of sp³-hybridized carbons (Fsp3) is 0.613. The second kappa shape index (κ2) is 13.1. The van der Waals surface area contributed by atoms with Gasteiger partial charge in [-0.05, 0) is 92.3 Å². The summed E-state index contributed by atoms with van der Waals surface area (Å²) in [7, 11) is 3.48.